The van der Waals surface area contributed by atoms with Crippen LogP contribution in [-0.4, -0.2) is 64.3 Å². The molecule has 7 heteroatoms. The van der Waals surface area contributed by atoms with Gasteiger partial charge in [-0.05, 0) is 26.1 Å². The lowest BCUT2D eigenvalue weighted by atomic mass is 9.86. The van der Waals surface area contributed by atoms with Gasteiger partial charge in [0.15, 0.2) is 11.3 Å². The number of imidazole rings is 1. The lowest BCUT2D eigenvalue weighted by Crippen LogP contribution is -2.78. The monoisotopic (exact) mass is 363 g/mol. The van der Waals surface area contributed by atoms with E-state index in [4.69, 9.17) is 9.84 Å². The molecular weight excluding hydrogens is 342 g/mol. The number of piperazine rings is 1. The number of carbonyl (C=O) groups is 1. The summed E-state index contributed by atoms with van der Waals surface area (Å²) in [5, 5.41) is 4.75. The summed E-state index contributed by atoms with van der Waals surface area (Å²) in [5.41, 5.74) is 2.49. The minimum absolute atomic E-state index is 0.308. The number of anilines is 1. The SMILES string of the molecule is CCOC(=O)c1c(-c2ccccc2)nc2ccc(N3CC4C3CN4C)nn12. The number of hydrogen-bond acceptors (Lipinski definition) is 6. The zero-order chi connectivity index (χ0) is 18.5. The predicted molar refractivity (Wildman–Crippen MR) is 102 cm³/mol. The van der Waals surface area contributed by atoms with Gasteiger partial charge in [-0.25, -0.2) is 14.3 Å². The number of carbonyl (C=O) groups excluding carboxylic acids is 1. The third-order valence-electron chi connectivity index (χ3n) is 5.54. The largest absolute Gasteiger partial charge is 0.461 e. The number of benzene rings is 1. The van der Waals surface area contributed by atoms with Crippen LogP contribution in [0, 0.1) is 0 Å². The number of likely N-dealkylation sites (N-methyl/N-ethyl adjacent to an activating group) is 1. The molecule has 4 heterocycles. The first-order valence-electron chi connectivity index (χ1n) is 9.26. The van der Waals surface area contributed by atoms with Gasteiger partial charge in [-0.1, -0.05) is 30.3 Å². The van der Waals surface area contributed by atoms with Crippen LogP contribution < -0.4 is 4.90 Å². The lowest BCUT2D eigenvalue weighted by Gasteiger charge is -2.61. The van der Waals surface area contributed by atoms with E-state index in [9.17, 15) is 4.79 Å². The van der Waals surface area contributed by atoms with E-state index in [1.807, 2.05) is 42.5 Å². The van der Waals surface area contributed by atoms with Crippen LogP contribution in [0.4, 0.5) is 5.82 Å². The van der Waals surface area contributed by atoms with E-state index in [0.29, 0.717) is 35.7 Å². The van der Waals surface area contributed by atoms with Crippen LogP contribution in [0.5, 0.6) is 0 Å². The fourth-order valence-electron chi connectivity index (χ4n) is 3.99. The highest BCUT2D eigenvalue weighted by molar-refractivity contribution is 5.95. The summed E-state index contributed by atoms with van der Waals surface area (Å²) < 4.78 is 6.93. The molecule has 2 aromatic heterocycles. The minimum Gasteiger partial charge on any atom is -0.461 e. The van der Waals surface area contributed by atoms with Crippen LogP contribution in [0.2, 0.25) is 0 Å². The number of likely N-dealkylation sites (tertiary alicyclic amines) is 1. The maximum Gasteiger partial charge on any atom is 0.359 e. The number of esters is 1. The maximum atomic E-state index is 12.7. The molecular formula is C20H21N5O2. The number of nitrogens with zero attached hydrogens (tertiary/aromatic N) is 5. The molecule has 0 aliphatic carbocycles. The first-order chi connectivity index (χ1) is 13.2. The van der Waals surface area contributed by atoms with Gasteiger partial charge < -0.3 is 9.64 Å². The van der Waals surface area contributed by atoms with E-state index in [0.717, 1.165) is 24.5 Å². The van der Waals surface area contributed by atoms with Gasteiger partial charge in [-0.15, -0.1) is 5.10 Å². The van der Waals surface area contributed by atoms with Gasteiger partial charge >= 0.3 is 5.97 Å². The van der Waals surface area contributed by atoms with Crippen molar-refractivity contribution in [2.75, 3.05) is 31.6 Å². The van der Waals surface area contributed by atoms with Crippen LogP contribution in [0.15, 0.2) is 42.5 Å². The van der Waals surface area contributed by atoms with Gasteiger partial charge in [0.25, 0.3) is 0 Å². The summed E-state index contributed by atoms with van der Waals surface area (Å²) in [6, 6.07) is 14.7. The summed E-state index contributed by atoms with van der Waals surface area (Å²) in [6.07, 6.45) is 0. The topological polar surface area (TPSA) is 63.0 Å². The summed E-state index contributed by atoms with van der Waals surface area (Å²) in [4.78, 5) is 22.0. The second-order valence-corrected chi connectivity index (χ2v) is 7.08. The van der Waals surface area contributed by atoms with Crippen LogP contribution >= 0.6 is 0 Å². The number of fused-ring (bicyclic) bond motifs is 2. The van der Waals surface area contributed by atoms with Gasteiger partial charge in [0.1, 0.15) is 11.5 Å². The lowest BCUT2D eigenvalue weighted by molar-refractivity contribution is 0.0359. The highest BCUT2D eigenvalue weighted by Gasteiger charge is 2.50. The predicted octanol–water partition coefficient (Wildman–Crippen LogP) is 2.08. The molecule has 27 heavy (non-hydrogen) atoms. The summed E-state index contributed by atoms with van der Waals surface area (Å²) in [7, 11) is 2.15. The molecule has 0 saturated carbocycles. The third kappa shape index (κ3) is 2.42. The Morgan fingerprint density at radius 1 is 1.15 bits per heavy atom. The maximum absolute atomic E-state index is 12.7. The molecule has 7 nitrogen and oxygen atoms in total. The molecule has 2 unspecified atom stereocenters. The Hall–Kier alpha value is -2.93. The van der Waals surface area contributed by atoms with Crippen LogP contribution in [0.1, 0.15) is 17.4 Å². The van der Waals surface area contributed by atoms with Crippen molar-refractivity contribution in [3.05, 3.63) is 48.2 Å². The molecule has 138 valence electrons. The number of rotatable bonds is 4. The van der Waals surface area contributed by atoms with Crippen molar-refractivity contribution >= 4 is 17.4 Å². The highest BCUT2D eigenvalue weighted by Crippen LogP contribution is 2.35. The zero-order valence-corrected chi connectivity index (χ0v) is 15.4. The molecule has 2 saturated heterocycles. The number of hydrogen-bond donors (Lipinski definition) is 0. The molecule has 2 aliphatic heterocycles. The standard InChI is InChI=1S/C20H21N5O2/c1-3-27-20(26)19-18(13-7-5-4-6-8-13)21-16-9-10-17(22-25(16)19)24-12-14-15(24)11-23(14)2/h4-10,14-15H,3,11-12H2,1-2H3. The molecule has 0 spiro atoms. The quantitative estimate of drug-likeness (QED) is 0.662. The Bertz CT molecular complexity index is 1020. The molecule has 0 bridgehead atoms. The van der Waals surface area contributed by atoms with Crippen LogP contribution in [-0.2, 0) is 4.74 Å². The second kappa shape index (κ2) is 6.06. The molecule has 2 fully saturated rings. The molecule has 1 aromatic carbocycles. The van der Waals surface area contributed by atoms with Crippen molar-refractivity contribution in [3.63, 3.8) is 0 Å². The van der Waals surface area contributed by atoms with Crippen molar-refractivity contribution in [2.45, 2.75) is 19.0 Å². The van der Waals surface area contributed by atoms with Gasteiger partial charge in [0.2, 0.25) is 0 Å². The van der Waals surface area contributed by atoms with E-state index in [1.54, 1.807) is 11.4 Å². The zero-order valence-electron chi connectivity index (χ0n) is 15.4. The van der Waals surface area contributed by atoms with E-state index < -0.39 is 5.97 Å². The van der Waals surface area contributed by atoms with Crippen molar-refractivity contribution in [1.29, 1.82) is 0 Å². The van der Waals surface area contributed by atoms with E-state index in [-0.39, 0.29) is 0 Å². The molecule has 5 rings (SSSR count). The first kappa shape index (κ1) is 16.3. The average molecular weight is 363 g/mol. The van der Waals surface area contributed by atoms with Crippen molar-refractivity contribution < 1.29 is 9.53 Å². The van der Waals surface area contributed by atoms with Crippen molar-refractivity contribution in [1.82, 2.24) is 19.5 Å². The Kier molecular flexibility index (Phi) is 3.65. The van der Waals surface area contributed by atoms with E-state index >= 15 is 0 Å². The second-order valence-electron chi connectivity index (χ2n) is 7.08. The molecule has 0 amide bonds. The van der Waals surface area contributed by atoms with Crippen molar-refractivity contribution in [3.8, 4) is 11.3 Å². The van der Waals surface area contributed by atoms with Gasteiger partial charge in [-0.3, -0.25) is 4.90 Å². The van der Waals surface area contributed by atoms with Crippen LogP contribution in [0.25, 0.3) is 16.9 Å². The number of aromatic nitrogens is 3. The fraction of sp³-hybridized carbons (Fsp3) is 0.350. The Morgan fingerprint density at radius 2 is 1.96 bits per heavy atom. The fourth-order valence-corrected chi connectivity index (χ4v) is 3.99. The van der Waals surface area contributed by atoms with Crippen molar-refractivity contribution in [2.24, 2.45) is 0 Å². The molecule has 0 N–H and O–H groups in total. The molecule has 2 atom stereocenters. The summed E-state index contributed by atoms with van der Waals surface area (Å²) in [6.45, 7) is 4.13. The minimum atomic E-state index is -0.404. The molecule has 0 radical (unpaired) electrons. The normalized spacial score (nSPS) is 21.5. The van der Waals surface area contributed by atoms with Gasteiger partial charge in [-0.2, -0.15) is 0 Å². The Balaban J connectivity index is 1.61. The average Bonchev–Trinajstić information content (AvgIpc) is 3.05. The smallest absolute Gasteiger partial charge is 0.359 e. The summed E-state index contributed by atoms with van der Waals surface area (Å²) >= 11 is 0. The number of ether oxygens (including phenoxy) is 1. The van der Waals surface area contributed by atoms with Gasteiger partial charge in [0.05, 0.1) is 12.6 Å². The Labute approximate surface area is 157 Å². The van der Waals surface area contributed by atoms with E-state index in [1.165, 1.54) is 0 Å². The van der Waals surface area contributed by atoms with Gasteiger partial charge in [0, 0.05) is 24.7 Å². The van der Waals surface area contributed by atoms with E-state index in [2.05, 4.69) is 21.8 Å². The van der Waals surface area contributed by atoms with Crippen LogP contribution in [0.3, 0.4) is 0 Å². The molecule has 3 aromatic rings. The molecule has 2 aliphatic rings. The third-order valence-corrected chi connectivity index (χ3v) is 5.54. The highest BCUT2D eigenvalue weighted by atomic mass is 16.5. The Morgan fingerprint density at radius 3 is 2.63 bits per heavy atom. The first-order valence-corrected chi connectivity index (χ1v) is 9.26. The summed E-state index contributed by atoms with van der Waals surface area (Å²) in [5.74, 6) is 0.470.